The molecule has 0 amide bonds. The van der Waals surface area contributed by atoms with Gasteiger partial charge in [-0.25, -0.2) is 0 Å². The zero-order chi connectivity index (χ0) is 11.4. The molecule has 0 saturated carbocycles. The maximum Gasteiger partial charge on any atom is 0.304 e. The summed E-state index contributed by atoms with van der Waals surface area (Å²) in [6.07, 6.45) is 1.71. The van der Waals surface area contributed by atoms with Crippen molar-refractivity contribution in [2.45, 2.75) is 26.2 Å². The highest BCUT2D eigenvalue weighted by molar-refractivity contribution is 5.86. The van der Waals surface area contributed by atoms with E-state index < -0.39 is 5.97 Å². The first kappa shape index (κ1) is 12.2. The lowest BCUT2D eigenvalue weighted by atomic mass is 9.85. The fourth-order valence-electron chi connectivity index (χ4n) is 2.06. The van der Waals surface area contributed by atoms with E-state index in [4.69, 9.17) is 5.11 Å². The van der Waals surface area contributed by atoms with E-state index in [9.17, 15) is 9.59 Å². The third-order valence-corrected chi connectivity index (χ3v) is 3.09. The summed E-state index contributed by atoms with van der Waals surface area (Å²) >= 11 is 0. The Morgan fingerprint density at radius 1 is 1.40 bits per heavy atom. The van der Waals surface area contributed by atoms with E-state index in [1.807, 2.05) is 7.05 Å². The molecule has 4 heteroatoms. The lowest BCUT2D eigenvalue weighted by Crippen LogP contribution is -2.35. The highest BCUT2D eigenvalue weighted by Gasteiger charge is 2.27. The summed E-state index contributed by atoms with van der Waals surface area (Å²) in [5, 5.41) is 8.61. The highest BCUT2D eigenvalue weighted by atomic mass is 16.4. The monoisotopic (exact) mass is 213 g/mol. The number of rotatable bonds is 4. The van der Waals surface area contributed by atoms with Gasteiger partial charge in [0.15, 0.2) is 0 Å². The van der Waals surface area contributed by atoms with Crippen LogP contribution in [0.1, 0.15) is 26.2 Å². The Hall–Kier alpha value is -0.900. The minimum atomic E-state index is -0.885. The normalized spacial score (nSPS) is 21.2. The summed E-state index contributed by atoms with van der Waals surface area (Å²) < 4.78 is 0. The third kappa shape index (κ3) is 3.63. The molecule has 0 aromatic heterocycles. The topological polar surface area (TPSA) is 57.6 Å². The average Bonchev–Trinajstić information content (AvgIpc) is 2.17. The SMILES string of the molecule is CC(CC(=O)O)C(=O)C1CCN(C)CC1. The molecule has 4 nitrogen and oxygen atoms in total. The van der Waals surface area contributed by atoms with Gasteiger partial charge in [0.25, 0.3) is 0 Å². The van der Waals surface area contributed by atoms with E-state index in [2.05, 4.69) is 4.90 Å². The number of Topliss-reactive ketones (excluding diaryl/α,β-unsaturated/α-hetero) is 1. The minimum Gasteiger partial charge on any atom is -0.481 e. The molecule has 1 aliphatic heterocycles. The van der Waals surface area contributed by atoms with Crippen LogP contribution in [0.3, 0.4) is 0 Å². The number of likely N-dealkylation sites (tertiary alicyclic amines) is 1. The van der Waals surface area contributed by atoms with Gasteiger partial charge in [0.2, 0.25) is 0 Å². The molecular formula is C11H19NO3. The molecule has 0 radical (unpaired) electrons. The van der Waals surface area contributed by atoms with E-state index >= 15 is 0 Å². The van der Waals surface area contributed by atoms with E-state index in [1.54, 1.807) is 6.92 Å². The van der Waals surface area contributed by atoms with E-state index in [1.165, 1.54) is 0 Å². The third-order valence-electron chi connectivity index (χ3n) is 3.09. The van der Waals surface area contributed by atoms with Crippen LogP contribution in [0.15, 0.2) is 0 Å². The number of carboxylic acid groups (broad SMARTS) is 1. The maximum atomic E-state index is 11.9. The fourth-order valence-corrected chi connectivity index (χ4v) is 2.06. The lowest BCUT2D eigenvalue weighted by molar-refractivity contribution is -0.141. The number of hydrogen-bond acceptors (Lipinski definition) is 3. The van der Waals surface area contributed by atoms with Crippen molar-refractivity contribution >= 4 is 11.8 Å². The first-order chi connectivity index (χ1) is 7.00. The van der Waals surface area contributed by atoms with Crippen LogP contribution >= 0.6 is 0 Å². The molecule has 0 bridgehead atoms. The Balaban J connectivity index is 2.42. The van der Waals surface area contributed by atoms with Gasteiger partial charge in [0, 0.05) is 11.8 Å². The van der Waals surface area contributed by atoms with E-state index in [0.29, 0.717) is 0 Å². The van der Waals surface area contributed by atoms with Gasteiger partial charge in [-0.1, -0.05) is 6.92 Å². The van der Waals surface area contributed by atoms with Gasteiger partial charge in [-0.3, -0.25) is 9.59 Å². The molecule has 1 N–H and O–H groups in total. The van der Waals surface area contributed by atoms with Gasteiger partial charge in [-0.2, -0.15) is 0 Å². The smallest absolute Gasteiger partial charge is 0.304 e. The molecule has 1 unspecified atom stereocenters. The van der Waals surface area contributed by atoms with Crippen LogP contribution in [0, 0.1) is 11.8 Å². The number of piperidine rings is 1. The van der Waals surface area contributed by atoms with Gasteiger partial charge < -0.3 is 10.0 Å². The number of carbonyl (C=O) groups excluding carboxylic acids is 1. The van der Waals surface area contributed by atoms with Crippen LogP contribution in [0.4, 0.5) is 0 Å². The predicted octanol–water partition coefficient (Wildman–Crippen LogP) is 1.01. The van der Waals surface area contributed by atoms with Gasteiger partial charge in [-0.15, -0.1) is 0 Å². The predicted molar refractivity (Wildman–Crippen MR) is 56.6 cm³/mol. The highest BCUT2D eigenvalue weighted by Crippen LogP contribution is 2.21. The van der Waals surface area contributed by atoms with Crippen molar-refractivity contribution < 1.29 is 14.7 Å². The Bertz CT molecular complexity index is 244. The Kier molecular flexibility index (Phi) is 4.27. The zero-order valence-corrected chi connectivity index (χ0v) is 9.40. The number of aliphatic carboxylic acids is 1. The first-order valence-electron chi connectivity index (χ1n) is 5.44. The standard InChI is InChI=1S/C11H19NO3/c1-8(7-10(13)14)11(15)9-3-5-12(2)6-4-9/h8-9H,3-7H2,1-2H3,(H,13,14). The average molecular weight is 213 g/mol. The second kappa shape index (κ2) is 5.26. The van der Waals surface area contributed by atoms with Crippen molar-refractivity contribution in [2.24, 2.45) is 11.8 Å². The molecule has 1 saturated heterocycles. The van der Waals surface area contributed by atoms with Gasteiger partial charge in [0.1, 0.15) is 5.78 Å². The van der Waals surface area contributed by atoms with Crippen molar-refractivity contribution in [1.29, 1.82) is 0 Å². The molecule has 0 aliphatic carbocycles. The maximum absolute atomic E-state index is 11.9. The summed E-state index contributed by atoms with van der Waals surface area (Å²) in [6, 6.07) is 0. The van der Waals surface area contributed by atoms with Gasteiger partial charge in [-0.05, 0) is 33.0 Å². The Morgan fingerprint density at radius 2 is 1.93 bits per heavy atom. The summed E-state index contributed by atoms with van der Waals surface area (Å²) in [5.74, 6) is -1.01. The van der Waals surface area contributed by atoms with E-state index in [-0.39, 0.29) is 24.0 Å². The van der Waals surface area contributed by atoms with Crippen molar-refractivity contribution in [2.75, 3.05) is 20.1 Å². The quantitative estimate of drug-likeness (QED) is 0.757. The van der Waals surface area contributed by atoms with Crippen LogP contribution < -0.4 is 0 Å². The minimum absolute atomic E-state index is 0.0365. The Morgan fingerprint density at radius 3 is 2.40 bits per heavy atom. The number of ketones is 1. The molecule has 15 heavy (non-hydrogen) atoms. The summed E-state index contributed by atoms with van der Waals surface area (Å²) in [4.78, 5) is 24.5. The fraction of sp³-hybridized carbons (Fsp3) is 0.818. The van der Waals surface area contributed by atoms with Crippen LogP contribution in [-0.2, 0) is 9.59 Å². The first-order valence-corrected chi connectivity index (χ1v) is 5.44. The van der Waals surface area contributed by atoms with Crippen LogP contribution in [0.5, 0.6) is 0 Å². The van der Waals surface area contributed by atoms with Crippen molar-refractivity contribution in [3.05, 3.63) is 0 Å². The van der Waals surface area contributed by atoms with Crippen molar-refractivity contribution in [3.63, 3.8) is 0 Å². The van der Waals surface area contributed by atoms with Crippen molar-refractivity contribution in [1.82, 2.24) is 4.90 Å². The Labute approximate surface area is 90.3 Å². The van der Waals surface area contributed by atoms with Gasteiger partial charge >= 0.3 is 5.97 Å². The zero-order valence-electron chi connectivity index (χ0n) is 9.40. The van der Waals surface area contributed by atoms with Crippen molar-refractivity contribution in [3.8, 4) is 0 Å². The number of carbonyl (C=O) groups is 2. The summed E-state index contributed by atoms with van der Waals surface area (Å²) in [6.45, 7) is 3.60. The van der Waals surface area contributed by atoms with E-state index in [0.717, 1.165) is 25.9 Å². The molecule has 1 heterocycles. The van der Waals surface area contributed by atoms with Crippen LogP contribution in [-0.4, -0.2) is 41.9 Å². The molecule has 0 spiro atoms. The molecule has 0 aromatic rings. The summed E-state index contributed by atoms with van der Waals surface area (Å²) in [5.41, 5.74) is 0. The number of carboxylic acids is 1. The lowest BCUT2D eigenvalue weighted by Gasteiger charge is -2.29. The molecule has 1 fully saturated rings. The largest absolute Gasteiger partial charge is 0.481 e. The molecule has 1 rings (SSSR count). The molecule has 1 aliphatic rings. The number of hydrogen-bond donors (Lipinski definition) is 1. The second-order valence-corrected chi connectivity index (χ2v) is 4.48. The number of nitrogens with zero attached hydrogens (tertiary/aromatic N) is 1. The summed E-state index contributed by atoms with van der Waals surface area (Å²) in [7, 11) is 2.04. The van der Waals surface area contributed by atoms with Crippen LogP contribution in [0.25, 0.3) is 0 Å². The second-order valence-electron chi connectivity index (χ2n) is 4.48. The molecule has 1 atom stereocenters. The van der Waals surface area contributed by atoms with Gasteiger partial charge in [0.05, 0.1) is 6.42 Å². The molecule has 86 valence electrons. The van der Waals surface area contributed by atoms with Crippen LogP contribution in [0.2, 0.25) is 0 Å². The molecule has 0 aromatic carbocycles. The molecular weight excluding hydrogens is 194 g/mol.